The highest BCUT2D eigenvalue weighted by atomic mass is 16.7. The van der Waals surface area contributed by atoms with Crippen LogP contribution < -0.4 is 4.74 Å². The van der Waals surface area contributed by atoms with Crippen LogP contribution in [0.4, 0.5) is 0 Å². The number of esters is 1. The highest BCUT2D eigenvalue weighted by molar-refractivity contribution is 5.89. The van der Waals surface area contributed by atoms with Gasteiger partial charge in [0.1, 0.15) is 31.0 Å². The first-order valence-corrected chi connectivity index (χ1v) is 8.92. The number of phenolic OH excluding ortho intramolecular Hbond substituents is 1. The summed E-state index contributed by atoms with van der Waals surface area (Å²) in [6.07, 6.45) is -7.25. The first kappa shape index (κ1) is 21.0. The van der Waals surface area contributed by atoms with Crippen molar-refractivity contribution in [1.29, 1.82) is 0 Å². The minimum absolute atomic E-state index is 0.0625. The van der Waals surface area contributed by atoms with E-state index in [9.17, 15) is 30.3 Å². The number of hydrogen-bond donors (Lipinski definition) is 5. The van der Waals surface area contributed by atoms with Gasteiger partial charge in [-0.1, -0.05) is 24.3 Å². The van der Waals surface area contributed by atoms with Gasteiger partial charge in [-0.25, -0.2) is 4.79 Å². The lowest BCUT2D eigenvalue weighted by Gasteiger charge is -2.39. The van der Waals surface area contributed by atoms with Gasteiger partial charge in [-0.2, -0.15) is 0 Å². The van der Waals surface area contributed by atoms with Gasteiger partial charge in [0.2, 0.25) is 6.29 Å². The average molecular weight is 406 g/mol. The second kappa shape index (κ2) is 9.21. The lowest BCUT2D eigenvalue weighted by Crippen LogP contribution is -2.60. The number of ether oxygens (including phenoxy) is 3. The Balaban J connectivity index is 1.63. The molecule has 0 radical (unpaired) electrons. The lowest BCUT2D eigenvalue weighted by molar-refractivity contribution is -0.277. The number of aromatic hydroxyl groups is 1. The molecular weight excluding hydrogens is 384 g/mol. The van der Waals surface area contributed by atoms with Crippen LogP contribution in [0.1, 0.15) is 15.9 Å². The first-order valence-electron chi connectivity index (χ1n) is 8.92. The Labute approximate surface area is 166 Å². The van der Waals surface area contributed by atoms with Gasteiger partial charge >= 0.3 is 5.97 Å². The summed E-state index contributed by atoms with van der Waals surface area (Å²) in [4.78, 5) is 12.0. The number of carbonyl (C=O) groups is 1. The molecule has 2 aromatic carbocycles. The van der Waals surface area contributed by atoms with E-state index >= 15 is 0 Å². The molecule has 0 saturated carbocycles. The Morgan fingerprint density at radius 3 is 2.38 bits per heavy atom. The molecule has 5 N–H and O–H groups in total. The number of phenols is 1. The van der Waals surface area contributed by atoms with Crippen LogP contribution in [-0.2, 0) is 16.1 Å². The number of aliphatic hydroxyl groups is 4. The fourth-order valence-electron chi connectivity index (χ4n) is 2.85. The molecule has 9 heteroatoms. The number of carbonyl (C=O) groups excluding carboxylic acids is 1. The topological polar surface area (TPSA) is 146 Å². The monoisotopic (exact) mass is 406 g/mol. The minimum Gasteiger partial charge on any atom is -0.504 e. The molecule has 156 valence electrons. The molecule has 0 amide bonds. The fourth-order valence-corrected chi connectivity index (χ4v) is 2.85. The highest BCUT2D eigenvalue weighted by Gasteiger charge is 2.44. The number of rotatable bonds is 6. The summed E-state index contributed by atoms with van der Waals surface area (Å²) >= 11 is 0. The molecular formula is C20H22O9. The van der Waals surface area contributed by atoms with Crippen molar-refractivity contribution in [1.82, 2.24) is 0 Å². The Kier molecular flexibility index (Phi) is 6.68. The van der Waals surface area contributed by atoms with Crippen LogP contribution in [0.15, 0.2) is 48.5 Å². The molecule has 29 heavy (non-hydrogen) atoms. The van der Waals surface area contributed by atoms with Crippen molar-refractivity contribution in [3.8, 4) is 11.5 Å². The summed E-state index contributed by atoms with van der Waals surface area (Å²) < 4.78 is 15.8. The van der Waals surface area contributed by atoms with E-state index in [2.05, 4.69) is 0 Å². The smallest absolute Gasteiger partial charge is 0.338 e. The van der Waals surface area contributed by atoms with Crippen LogP contribution >= 0.6 is 0 Å². The molecule has 1 saturated heterocycles. The van der Waals surface area contributed by atoms with Gasteiger partial charge in [-0.3, -0.25) is 0 Å². The molecule has 5 atom stereocenters. The minimum atomic E-state index is -1.60. The molecule has 9 nitrogen and oxygen atoms in total. The van der Waals surface area contributed by atoms with Gasteiger partial charge in [-0.15, -0.1) is 0 Å². The van der Waals surface area contributed by atoms with Gasteiger partial charge in [0.05, 0.1) is 12.2 Å². The van der Waals surface area contributed by atoms with Gasteiger partial charge in [0.15, 0.2) is 11.5 Å². The molecule has 1 fully saturated rings. The van der Waals surface area contributed by atoms with Crippen molar-refractivity contribution >= 4 is 5.97 Å². The van der Waals surface area contributed by atoms with Crippen LogP contribution in [0.5, 0.6) is 11.5 Å². The molecule has 3 rings (SSSR count). The summed E-state index contributed by atoms with van der Waals surface area (Å²) in [6.45, 7) is -0.676. The third-order valence-corrected chi connectivity index (χ3v) is 4.49. The maximum absolute atomic E-state index is 12.0. The van der Waals surface area contributed by atoms with E-state index in [1.165, 1.54) is 18.2 Å². The molecule has 0 unspecified atom stereocenters. The maximum Gasteiger partial charge on any atom is 0.338 e. The zero-order valence-electron chi connectivity index (χ0n) is 15.3. The Morgan fingerprint density at radius 1 is 1.00 bits per heavy atom. The third-order valence-electron chi connectivity index (χ3n) is 4.49. The molecule has 2 aromatic rings. The molecule has 0 aliphatic carbocycles. The van der Waals surface area contributed by atoms with Gasteiger partial charge in [0, 0.05) is 0 Å². The van der Waals surface area contributed by atoms with E-state index in [4.69, 9.17) is 14.2 Å². The van der Waals surface area contributed by atoms with E-state index in [1.807, 2.05) is 0 Å². The van der Waals surface area contributed by atoms with Gasteiger partial charge in [0.25, 0.3) is 0 Å². The van der Waals surface area contributed by atoms with Crippen molar-refractivity contribution < 1.29 is 44.5 Å². The zero-order chi connectivity index (χ0) is 21.0. The predicted octanol–water partition coefficient (Wildman–Crippen LogP) is -0.0721. The highest BCUT2D eigenvalue weighted by Crippen LogP contribution is 2.31. The van der Waals surface area contributed by atoms with Crippen molar-refractivity contribution in [2.75, 3.05) is 6.61 Å². The molecule has 1 aliphatic heterocycles. The van der Waals surface area contributed by atoms with Crippen LogP contribution in [0, 0.1) is 0 Å². The number of aliphatic hydroxyl groups excluding tert-OH is 4. The van der Waals surface area contributed by atoms with Crippen LogP contribution in [0.2, 0.25) is 0 Å². The van der Waals surface area contributed by atoms with Crippen LogP contribution in [0.25, 0.3) is 0 Å². The lowest BCUT2D eigenvalue weighted by atomic mass is 9.99. The van der Waals surface area contributed by atoms with Crippen LogP contribution in [-0.4, -0.2) is 68.8 Å². The van der Waals surface area contributed by atoms with E-state index in [-0.39, 0.29) is 18.1 Å². The summed E-state index contributed by atoms with van der Waals surface area (Å²) in [7, 11) is 0. The molecule has 0 aromatic heterocycles. The van der Waals surface area contributed by atoms with Crippen molar-refractivity contribution in [2.45, 2.75) is 37.3 Å². The van der Waals surface area contributed by atoms with E-state index < -0.39 is 43.3 Å². The van der Waals surface area contributed by atoms with E-state index in [0.29, 0.717) is 11.1 Å². The van der Waals surface area contributed by atoms with Gasteiger partial charge < -0.3 is 39.7 Å². The van der Waals surface area contributed by atoms with E-state index in [1.54, 1.807) is 30.3 Å². The normalized spacial score (nSPS) is 26.7. The Morgan fingerprint density at radius 2 is 1.72 bits per heavy atom. The number of benzene rings is 2. The quantitative estimate of drug-likeness (QED) is 0.416. The predicted molar refractivity (Wildman–Crippen MR) is 98.1 cm³/mol. The molecule has 1 heterocycles. The zero-order valence-corrected chi connectivity index (χ0v) is 15.3. The summed E-state index contributed by atoms with van der Waals surface area (Å²) in [5.41, 5.74) is 0.896. The Bertz CT molecular complexity index is 824. The molecule has 0 bridgehead atoms. The largest absolute Gasteiger partial charge is 0.504 e. The maximum atomic E-state index is 12.0. The van der Waals surface area contributed by atoms with Crippen molar-refractivity contribution in [2.24, 2.45) is 0 Å². The van der Waals surface area contributed by atoms with Gasteiger partial charge in [-0.05, 0) is 29.8 Å². The fraction of sp³-hybridized carbons (Fsp3) is 0.350. The second-order valence-electron chi connectivity index (χ2n) is 6.56. The van der Waals surface area contributed by atoms with E-state index in [0.717, 1.165) is 0 Å². The standard InChI is InChI=1S/C20H22O9/c21-9-15-16(23)17(24)18(25)20(29-15)28-14-7-6-11(8-13(14)22)10-27-19(26)12-4-2-1-3-5-12/h1-8,15-18,20-25H,9-10H2/t15-,16-,17+,18-,20-/m1/s1. The summed E-state index contributed by atoms with van der Waals surface area (Å²) in [5.74, 6) is -0.880. The molecule has 1 aliphatic rings. The Hall–Kier alpha value is -2.69. The van der Waals surface area contributed by atoms with Crippen molar-refractivity contribution in [3.63, 3.8) is 0 Å². The number of hydrogen-bond acceptors (Lipinski definition) is 9. The second-order valence-corrected chi connectivity index (χ2v) is 6.56. The summed E-state index contributed by atoms with van der Waals surface area (Å²) in [5, 5.41) is 48.9. The first-order chi connectivity index (χ1) is 13.9. The van der Waals surface area contributed by atoms with Crippen molar-refractivity contribution in [3.05, 3.63) is 59.7 Å². The molecule has 0 spiro atoms. The SMILES string of the molecule is O=C(OCc1ccc(O[C@@H]2O[C@H](CO)[C@@H](O)[C@H](O)[C@H]2O)c(O)c1)c1ccccc1. The van der Waals surface area contributed by atoms with Crippen LogP contribution in [0.3, 0.4) is 0 Å². The average Bonchev–Trinajstić information content (AvgIpc) is 2.74. The third kappa shape index (κ3) is 4.84. The summed E-state index contributed by atoms with van der Waals surface area (Å²) in [6, 6.07) is 12.7.